The summed E-state index contributed by atoms with van der Waals surface area (Å²) in [7, 11) is 3.93. The fraction of sp³-hybridized carbons (Fsp3) is 0.238. The average Bonchev–Trinajstić information content (AvgIpc) is 2.77. The predicted molar refractivity (Wildman–Crippen MR) is 105 cm³/mol. The molecule has 0 aliphatic rings. The van der Waals surface area contributed by atoms with Crippen LogP contribution in [0.1, 0.15) is 26.3 Å². The highest BCUT2D eigenvalue weighted by atomic mass is 16.5. The third kappa shape index (κ3) is 6.06. The molecule has 2 aromatic carbocycles. The molecule has 0 saturated carbocycles. The van der Waals surface area contributed by atoms with Crippen molar-refractivity contribution < 1.29 is 38.1 Å². The molecule has 2 rings (SSSR count). The minimum atomic E-state index is -0.710. The number of amides is 1. The SMILES string of the molecule is COC(=O)c1ccc(C(=O)OC)c(NC(=O)COC(=O)Cc2ccc(OC)cc2)c1. The summed E-state index contributed by atoms with van der Waals surface area (Å²) >= 11 is 0. The molecule has 0 aliphatic heterocycles. The van der Waals surface area contributed by atoms with Gasteiger partial charge in [-0.1, -0.05) is 12.1 Å². The molecule has 1 N–H and O–H groups in total. The van der Waals surface area contributed by atoms with E-state index in [1.165, 1.54) is 39.5 Å². The number of esters is 3. The number of hydrogen-bond donors (Lipinski definition) is 1. The molecule has 158 valence electrons. The molecule has 9 nitrogen and oxygen atoms in total. The Kier molecular flexibility index (Phi) is 7.92. The minimum absolute atomic E-state index is 0.0253. The Morgan fingerprint density at radius 3 is 2.13 bits per heavy atom. The van der Waals surface area contributed by atoms with Crippen LogP contribution in [-0.4, -0.2) is 51.8 Å². The maximum atomic E-state index is 12.2. The lowest BCUT2D eigenvalue weighted by Gasteiger charge is -2.12. The molecule has 0 fully saturated rings. The lowest BCUT2D eigenvalue weighted by molar-refractivity contribution is -0.146. The first-order valence-corrected chi connectivity index (χ1v) is 8.77. The van der Waals surface area contributed by atoms with E-state index in [0.717, 1.165) is 0 Å². The molecule has 2 aromatic rings. The fourth-order valence-corrected chi connectivity index (χ4v) is 2.47. The third-order valence-corrected chi connectivity index (χ3v) is 3.99. The Morgan fingerprint density at radius 2 is 1.53 bits per heavy atom. The average molecular weight is 415 g/mol. The third-order valence-electron chi connectivity index (χ3n) is 3.99. The van der Waals surface area contributed by atoms with Gasteiger partial charge in [-0.25, -0.2) is 9.59 Å². The number of carbonyl (C=O) groups excluding carboxylic acids is 4. The normalized spacial score (nSPS) is 9.97. The van der Waals surface area contributed by atoms with E-state index in [-0.39, 0.29) is 23.2 Å². The van der Waals surface area contributed by atoms with Crippen molar-refractivity contribution in [2.24, 2.45) is 0 Å². The quantitative estimate of drug-likeness (QED) is 0.514. The maximum Gasteiger partial charge on any atom is 0.339 e. The van der Waals surface area contributed by atoms with E-state index >= 15 is 0 Å². The van der Waals surface area contributed by atoms with Gasteiger partial charge in [-0.2, -0.15) is 0 Å². The number of nitrogens with one attached hydrogen (secondary N) is 1. The lowest BCUT2D eigenvalue weighted by atomic mass is 10.1. The summed E-state index contributed by atoms with van der Waals surface area (Å²) in [5, 5.41) is 2.44. The van der Waals surface area contributed by atoms with Crippen LogP contribution in [0.2, 0.25) is 0 Å². The fourth-order valence-electron chi connectivity index (χ4n) is 2.47. The molecule has 0 aromatic heterocycles. The van der Waals surface area contributed by atoms with Gasteiger partial charge in [0.1, 0.15) is 5.75 Å². The molecule has 9 heteroatoms. The standard InChI is InChI=1S/C21H21NO8/c1-27-15-7-4-13(5-8-15)10-19(24)30-12-18(23)22-17-11-14(20(25)28-2)6-9-16(17)21(26)29-3/h4-9,11H,10,12H2,1-3H3,(H,22,23). The van der Waals surface area contributed by atoms with E-state index in [2.05, 4.69) is 14.8 Å². The second-order valence-electron chi connectivity index (χ2n) is 5.98. The van der Waals surface area contributed by atoms with E-state index in [1.54, 1.807) is 24.3 Å². The van der Waals surface area contributed by atoms with Crippen molar-refractivity contribution in [3.8, 4) is 5.75 Å². The zero-order valence-electron chi connectivity index (χ0n) is 16.7. The van der Waals surface area contributed by atoms with Crippen molar-refractivity contribution in [1.29, 1.82) is 0 Å². The molecule has 1 amide bonds. The Hall–Kier alpha value is -3.88. The van der Waals surface area contributed by atoms with Crippen LogP contribution in [0.4, 0.5) is 5.69 Å². The summed E-state index contributed by atoms with van der Waals surface area (Å²) in [6.07, 6.45) is -0.0253. The van der Waals surface area contributed by atoms with Gasteiger partial charge < -0.3 is 24.3 Å². The van der Waals surface area contributed by atoms with Gasteiger partial charge in [-0.3, -0.25) is 9.59 Å². The minimum Gasteiger partial charge on any atom is -0.497 e. The van der Waals surface area contributed by atoms with Crippen LogP contribution >= 0.6 is 0 Å². The van der Waals surface area contributed by atoms with Crippen molar-refractivity contribution in [2.45, 2.75) is 6.42 Å². The number of ether oxygens (including phenoxy) is 4. The van der Waals surface area contributed by atoms with Gasteiger partial charge in [0, 0.05) is 0 Å². The second kappa shape index (κ2) is 10.6. The van der Waals surface area contributed by atoms with E-state index in [0.29, 0.717) is 11.3 Å². The number of methoxy groups -OCH3 is 3. The molecular weight excluding hydrogens is 394 g/mol. The highest BCUT2D eigenvalue weighted by Crippen LogP contribution is 2.20. The summed E-state index contributed by atoms with van der Waals surface area (Å²) < 4.78 is 19.3. The first-order chi connectivity index (χ1) is 14.4. The Labute approximate surface area is 172 Å². The van der Waals surface area contributed by atoms with Crippen LogP contribution in [-0.2, 0) is 30.2 Å². The van der Waals surface area contributed by atoms with E-state index < -0.39 is 30.4 Å². The van der Waals surface area contributed by atoms with Gasteiger partial charge in [0.05, 0.1) is 44.6 Å². The second-order valence-corrected chi connectivity index (χ2v) is 5.98. The smallest absolute Gasteiger partial charge is 0.339 e. The molecule has 0 radical (unpaired) electrons. The van der Waals surface area contributed by atoms with Crippen molar-refractivity contribution in [3.63, 3.8) is 0 Å². The van der Waals surface area contributed by atoms with Crippen LogP contribution in [0.25, 0.3) is 0 Å². The summed E-state index contributed by atoms with van der Waals surface area (Å²) in [6.45, 7) is -0.571. The Balaban J connectivity index is 2.01. The van der Waals surface area contributed by atoms with Crippen LogP contribution in [0, 0.1) is 0 Å². The van der Waals surface area contributed by atoms with Crippen molar-refractivity contribution in [1.82, 2.24) is 0 Å². The van der Waals surface area contributed by atoms with Crippen LogP contribution in [0.15, 0.2) is 42.5 Å². The van der Waals surface area contributed by atoms with Crippen molar-refractivity contribution in [3.05, 3.63) is 59.2 Å². The van der Waals surface area contributed by atoms with E-state index in [9.17, 15) is 19.2 Å². The molecule has 30 heavy (non-hydrogen) atoms. The molecular formula is C21H21NO8. The largest absolute Gasteiger partial charge is 0.497 e. The molecule has 0 saturated heterocycles. The van der Waals surface area contributed by atoms with Crippen LogP contribution in [0.5, 0.6) is 5.75 Å². The van der Waals surface area contributed by atoms with Gasteiger partial charge in [0.25, 0.3) is 5.91 Å². The molecule has 0 spiro atoms. The highest BCUT2D eigenvalue weighted by molar-refractivity contribution is 6.04. The Morgan fingerprint density at radius 1 is 0.867 bits per heavy atom. The zero-order chi connectivity index (χ0) is 22.1. The maximum absolute atomic E-state index is 12.2. The number of anilines is 1. The van der Waals surface area contributed by atoms with Crippen LogP contribution in [0.3, 0.4) is 0 Å². The predicted octanol–water partition coefficient (Wildman–Crippen LogP) is 1.99. The highest BCUT2D eigenvalue weighted by Gasteiger charge is 2.18. The first-order valence-electron chi connectivity index (χ1n) is 8.77. The monoisotopic (exact) mass is 415 g/mol. The molecule has 0 atom stereocenters. The zero-order valence-corrected chi connectivity index (χ0v) is 16.7. The molecule has 0 aliphatic carbocycles. The van der Waals surface area contributed by atoms with Crippen LogP contribution < -0.4 is 10.1 Å². The number of rotatable bonds is 8. The lowest BCUT2D eigenvalue weighted by Crippen LogP contribution is -2.23. The number of benzene rings is 2. The van der Waals surface area contributed by atoms with Gasteiger partial charge in [-0.15, -0.1) is 0 Å². The summed E-state index contributed by atoms with van der Waals surface area (Å²) in [6, 6.07) is 10.8. The van der Waals surface area contributed by atoms with Gasteiger partial charge in [0.2, 0.25) is 0 Å². The summed E-state index contributed by atoms with van der Waals surface area (Å²) in [5.74, 6) is -2.00. The topological polar surface area (TPSA) is 117 Å². The molecule has 0 unspecified atom stereocenters. The number of carbonyl (C=O) groups is 4. The summed E-state index contributed by atoms with van der Waals surface area (Å²) in [5.41, 5.74) is 0.876. The van der Waals surface area contributed by atoms with Crippen molar-refractivity contribution >= 4 is 29.5 Å². The first kappa shape index (κ1) is 22.4. The van der Waals surface area contributed by atoms with E-state index in [4.69, 9.17) is 9.47 Å². The summed E-state index contributed by atoms with van der Waals surface area (Å²) in [4.78, 5) is 47.8. The van der Waals surface area contributed by atoms with Crippen molar-refractivity contribution in [2.75, 3.05) is 33.3 Å². The van der Waals surface area contributed by atoms with Gasteiger partial charge in [-0.05, 0) is 35.9 Å². The Bertz CT molecular complexity index is 937. The van der Waals surface area contributed by atoms with Gasteiger partial charge in [0.15, 0.2) is 6.61 Å². The number of hydrogen-bond acceptors (Lipinski definition) is 8. The van der Waals surface area contributed by atoms with E-state index in [1.807, 2.05) is 0 Å². The molecule has 0 bridgehead atoms. The van der Waals surface area contributed by atoms with Gasteiger partial charge >= 0.3 is 17.9 Å². The molecule has 0 heterocycles.